The highest BCUT2D eigenvalue weighted by Crippen LogP contribution is 2.25. The van der Waals surface area contributed by atoms with Gasteiger partial charge in [-0.2, -0.15) is 0 Å². The predicted octanol–water partition coefficient (Wildman–Crippen LogP) is 1.71. The first-order chi connectivity index (χ1) is 8.58. The molecule has 0 unspecified atom stereocenters. The summed E-state index contributed by atoms with van der Waals surface area (Å²) < 4.78 is 4.71. The Bertz CT molecular complexity index is 523. The number of hydrogen-bond acceptors (Lipinski definition) is 7. The molecule has 0 fully saturated rings. The second kappa shape index (κ2) is 5.13. The van der Waals surface area contributed by atoms with E-state index in [1.807, 2.05) is 13.8 Å². The Morgan fingerprint density at radius 2 is 2.28 bits per heavy atom. The van der Waals surface area contributed by atoms with Crippen LogP contribution in [0.1, 0.15) is 13.8 Å². The molecule has 0 aliphatic carbocycles. The molecule has 2 rings (SSSR count). The van der Waals surface area contributed by atoms with Crippen LogP contribution < -0.4 is 5.32 Å². The molecular weight excluding hydrogens is 256 g/mol. The predicted molar refractivity (Wildman–Crippen MR) is 65.3 cm³/mol. The van der Waals surface area contributed by atoms with E-state index in [1.165, 1.54) is 17.6 Å². The van der Waals surface area contributed by atoms with E-state index >= 15 is 0 Å². The maximum Gasteiger partial charge on any atom is 0.326 e. The fourth-order valence-corrected chi connectivity index (χ4v) is 2.10. The van der Waals surface area contributed by atoms with Crippen LogP contribution in [0.5, 0.6) is 0 Å². The van der Waals surface area contributed by atoms with Crippen LogP contribution in [0.15, 0.2) is 16.9 Å². The lowest BCUT2D eigenvalue weighted by molar-refractivity contribution is -0.138. The molecule has 8 heteroatoms. The number of aliphatic carboxylic acids is 1. The van der Waals surface area contributed by atoms with Crippen LogP contribution in [0.4, 0.5) is 5.13 Å². The van der Waals surface area contributed by atoms with Crippen molar-refractivity contribution in [3.63, 3.8) is 0 Å². The van der Waals surface area contributed by atoms with Gasteiger partial charge in [0.25, 0.3) is 0 Å². The number of anilines is 1. The fourth-order valence-electron chi connectivity index (χ4n) is 1.35. The van der Waals surface area contributed by atoms with Gasteiger partial charge < -0.3 is 14.9 Å². The van der Waals surface area contributed by atoms with Crippen molar-refractivity contribution in [2.75, 3.05) is 5.32 Å². The first kappa shape index (κ1) is 12.5. The minimum Gasteiger partial charge on any atom is -0.480 e. The van der Waals surface area contributed by atoms with Gasteiger partial charge in [0.1, 0.15) is 18.0 Å². The van der Waals surface area contributed by atoms with Gasteiger partial charge in [0.2, 0.25) is 5.13 Å². The molecule has 0 amide bonds. The number of carboxylic acid groups (broad SMARTS) is 1. The summed E-state index contributed by atoms with van der Waals surface area (Å²) in [4.78, 5) is 11.0. The summed E-state index contributed by atoms with van der Waals surface area (Å²) in [6.45, 7) is 3.65. The average molecular weight is 268 g/mol. The van der Waals surface area contributed by atoms with E-state index in [2.05, 4.69) is 20.7 Å². The summed E-state index contributed by atoms with van der Waals surface area (Å²) in [5.41, 5.74) is 0.581. The number of nitrogens with zero attached hydrogens (tertiary/aromatic N) is 3. The maximum absolute atomic E-state index is 11.0. The van der Waals surface area contributed by atoms with Crippen LogP contribution in [0, 0.1) is 5.92 Å². The fraction of sp³-hybridized carbons (Fsp3) is 0.400. The molecule has 0 aromatic carbocycles. The number of carboxylic acids is 1. The van der Waals surface area contributed by atoms with E-state index in [-0.39, 0.29) is 5.92 Å². The van der Waals surface area contributed by atoms with E-state index in [1.54, 1.807) is 6.07 Å². The third-order valence-corrected chi connectivity index (χ3v) is 3.17. The van der Waals surface area contributed by atoms with Gasteiger partial charge in [0, 0.05) is 6.07 Å². The van der Waals surface area contributed by atoms with Crippen LogP contribution in [0.2, 0.25) is 0 Å². The first-order valence-corrected chi connectivity index (χ1v) is 6.13. The van der Waals surface area contributed by atoms with Crippen molar-refractivity contribution in [2.24, 2.45) is 5.92 Å². The Balaban J connectivity index is 2.13. The van der Waals surface area contributed by atoms with Crippen LogP contribution >= 0.6 is 11.3 Å². The molecular formula is C10H12N4O3S. The van der Waals surface area contributed by atoms with E-state index in [4.69, 9.17) is 9.63 Å². The Labute approximate surface area is 107 Å². The van der Waals surface area contributed by atoms with Gasteiger partial charge in [-0.1, -0.05) is 30.3 Å². The normalized spacial score (nSPS) is 12.6. The monoisotopic (exact) mass is 268 g/mol. The molecule has 2 aromatic rings. The molecule has 7 nitrogen and oxygen atoms in total. The SMILES string of the molecule is CC(C)[C@@H](Nc1nnc(-c2ccon2)s1)C(=O)O. The highest BCUT2D eigenvalue weighted by molar-refractivity contribution is 7.18. The molecule has 0 bridgehead atoms. The molecule has 0 radical (unpaired) electrons. The molecule has 2 aromatic heterocycles. The molecule has 0 spiro atoms. The van der Waals surface area contributed by atoms with Gasteiger partial charge in [-0.25, -0.2) is 4.79 Å². The minimum absolute atomic E-state index is 0.0538. The molecule has 2 N–H and O–H groups in total. The molecule has 0 saturated heterocycles. The molecule has 18 heavy (non-hydrogen) atoms. The van der Waals surface area contributed by atoms with Crippen molar-refractivity contribution < 1.29 is 14.4 Å². The number of nitrogens with one attached hydrogen (secondary N) is 1. The van der Waals surface area contributed by atoms with Gasteiger partial charge in [-0.15, -0.1) is 10.2 Å². The highest BCUT2D eigenvalue weighted by atomic mass is 32.1. The van der Waals surface area contributed by atoms with Gasteiger partial charge in [0.15, 0.2) is 5.01 Å². The minimum atomic E-state index is -0.914. The second-order valence-corrected chi connectivity index (χ2v) is 4.98. The lowest BCUT2D eigenvalue weighted by atomic mass is 10.1. The van der Waals surface area contributed by atoms with E-state index in [9.17, 15) is 4.79 Å². The smallest absolute Gasteiger partial charge is 0.326 e. The van der Waals surface area contributed by atoms with Crippen molar-refractivity contribution in [2.45, 2.75) is 19.9 Å². The highest BCUT2D eigenvalue weighted by Gasteiger charge is 2.22. The number of aromatic nitrogens is 3. The van der Waals surface area contributed by atoms with Gasteiger partial charge in [-0.3, -0.25) is 0 Å². The van der Waals surface area contributed by atoms with Crippen molar-refractivity contribution >= 4 is 22.4 Å². The van der Waals surface area contributed by atoms with Crippen LogP contribution in [0.25, 0.3) is 10.7 Å². The standard InChI is InChI=1S/C10H12N4O3S/c1-5(2)7(9(15)16)11-10-13-12-8(18-10)6-3-4-17-14-6/h3-5,7H,1-2H3,(H,11,13)(H,15,16)/t7-/m1/s1. The van der Waals surface area contributed by atoms with E-state index < -0.39 is 12.0 Å². The lowest BCUT2D eigenvalue weighted by Crippen LogP contribution is -2.34. The summed E-state index contributed by atoms with van der Waals surface area (Å²) in [5, 5.41) is 24.5. The van der Waals surface area contributed by atoms with Crippen LogP contribution in [-0.4, -0.2) is 32.5 Å². The second-order valence-electron chi connectivity index (χ2n) is 4.00. The number of rotatable bonds is 5. The Morgan fingerprint density at radius 1 is 1.50 bits per heavy atom. The Hall–Kier alpha value is -1.96. The summed E-state index contributed by atoms with van der Waals surface area (Å²) in [7, 11) is 0. The average Bonchev–Trinajstić information content (AvgIpc) is 2.95. The lowest BCUT2D eigenvalue weighted by Gasteiger charge is -2.16. The van der Waals surface area contributed by atoms with Crippen molar-refractivity contribution in [3.8, 4) is 10.7 Å². The quantitative estimate of drug-likeness (QED) is 0.851. The summed E-state index contributed by atoms with van der Waals surface area (Å²) in [5.74, 6) is -0.968. The maximum atomic E-state index is 11.0. The van der Waals surface area contributed by atoms with Crippen molar-refractivity contribution in [3.05, 3.63) is 12.3 Å². The topological polar surface area (TPSA) is 101 Å². The third kappa shape index (κ3) is 2.65. The van der Waals surface area contributed by atoms with E-state index in [0.29, 0.717) is 15.8 Å². The summed E-state index contributed by atoms with van der Waals surface area (Å²) in [6, 6.07) is 0.977. The zero-order valence-electron chi connectivity index (χ0n) is 9.82. The van der Waals surface area contributed by atoms with Crippen LogP contribution in [0.3, 0.4) is 0 Å². The zero-order chi connectivity index (χ0) is 13.1. The zero-order valence-corrected chi connectivity index (χ0v) is 10.6. The van der Waals surface area contributed by atoms with E-state index in [0.717, 1.165) is 0 Å². The van der Waals surface area contributed by atoms with Gasteiger partial charge >= 0.3 is 5.97 Å². The first-order valence-electron chi connectivity index (χ1n) is 5.31. The molecule has 0 aliphatic rings. The molecule has 96 valence electrons. The molecule has 0 saturated carbocycles. The summed E-state index contributed by atoms with van der Waals surface area (Å²) >= 11 is 1.23. The molecule has 2 heterocycles. The Kier molecular flexibility index (Phi) is 3.56. The van der Waals surface area contributed by atoms with Crippen molar-refractivity contribution in [1.29, 1.82) is 0 Å². The van der Waals surface area contributed by atoms with Crippen molar-refractivity contribution in [1.82, 2.24) is 15.4 Å². The summed E-state index contributed by atoms with van der Waals surface area (Å²) in [6.07, 6.45) is 1.44. The Morgan fingerprint density at radius 3 is 2.83 bits per heavy atom. The molecule has 1 atom stereocenters. The largest absolute Gasteiger partial charge is 0.480 e. The number of carbonyl (C=O) groups is 1. The third-order valence-electron chi connectivity index (χ3n) is 2.29. The molecule has 0 aliphatic heterocycles. The van der Waals surface area contributed by atoms with Gasteiger partial charge in [0.05, 0.1) is 0 Å². The number of hydrogen-bond donors (Lipinski definition) is 2. The van der Waals surface area contributed by atoms with Crippen LogP contribution in [-0.2, 0) is 4.79 Å². The van der Waals surface area contributed by atoms with Gasteiger partial charge in [-0.05, 0) is 5.92 Å².